The average molecular weight is 369 g/mol. The largest absolute Gasteiger partial charge is 0.573 e. The second-order valence-electron chi connectivity index (χ2n) is 4.76. The van der Waals surface area contributed by atoms with E-state index in [1.807, 2.05) is 0 Å². The van der Waals surface area contributed by atoms with E-state index >= 15 is 0 Å². The molecule has 0 heterocycles. The number of benzene rings is 1. The summed E-state index contributed by atoms with van der Waals surface area (Å²) in [7, 11) is 0. The highest BCUT2D eigenvalue weighted by Crippen LogP contribution is 2.33. The van der Waals surface area contributed by atoms with Crippen molar-refractivity contribution in [3.8, 4) is 11.5 Å². The molecule has 0 saturated heterocycles. The van der Waals surface area contributed by atoms with Gasteiger partial charge in [-0.25, -0.2) is 0 Å². The molecule has 1 rings (SSSR count). The van der Waals surface area contributed by atoms with Gasteiger partial charge in [0.25, 0.3) is 0 Å². The average Bonchev–Trinajstić information content (AvgIpc) is 2.39. The summed E-state index contributed by atoms with van der Waals surface area (Å²) in [5, 5.41) is 0. The molecule has 0 N–H and O–H groups in total. The summed E-state index contributed by atoms with van der Waals surface area (Å²) in [5.41, 5.74) is 0. The van der Waals surface area contributed by atoms with E-state index in [2.05, 4.69) is 27.6 Å². The zero-order chi connectivity index (χ0) is 15.7. The van der Waals surface area contributed by atoms with E-state index in [-0.39, 0.29) is 10.2 Å². The Morgan fingerprint density at radius 1 is 1.05 bits per heavy atom. The van der Waals surface area contributed by atoms with Gasteiger partial charge in [-0.3, -0.25) is 0 Å². The van der Waals surface area contributed by atoms with Crippen molar-refractivity contribution in [2.24, 2.45) is 0 Å². The number of hydrogen-bond donors (Lipinski definition) is 0. The van der Waals surface area contributed by atoms with Gasteiger partial charge in [0.15, 0.2) is 0 Å². The highest BCUT2D eigenvalue weighted by Gasteiger charge is 2.31. The lowest BCUT2D eigenvalue weighted by atomic mass is 10.1. The molecule has 0 atom stereocenters. The van der Waals surface area contributed by atoms with Crippen molar-refractivity contribution in [2.45, 2.75) is 51.8 Å². The van der Waals surface area contributed by atoms with Gasteiger partial charge >= 0.3 is 6.36 Å². The summed E-state index contributed by atoms with van der Waals surface area (Å²) < 4.78 is 46.0. The molecular weight excluding hydrogens is 349 g/mol. The lowest BCUT2D eigenvalue weighted by molar-refractivity contribution is -0.274. The first-order valence-electron chi connectivity index (χ1n) is 7.10. The zero-order valence-electron chi connectivity index (χ0n) is 12.0. The molecule has 0 saturated carbocycles. The summed E-state index contributed by atoms with van der Waals surface area (Å²) in [6.07, 6.45) is 2.28. The van der Waals surface area contributed by atoms with Gasteiger partial charge in [0.2, 0.25) is 0 Å². The molecule has 0 unspecified atom stereocenters. The van der Waals surface area contributed by atoms with Gasteiger partial charge in [-0.2, -0.15) is 0 Å². The molecule has 0 aliphatic heterocycles. The van der Waals surface area contributed by atoms with Crippen molar-refractivity contribution in [1.82, 2.24) is 0 Å². The van der Waals surface area contributed by atoms with E-state index in [9.17, 15) is 13.2 Å². The minimum absolute atomic E-state index is 0.222. The van der Waals surface area contributed by atoms with Crippen LogP contribution in [0, 0.1) is 0 Å². The van der Waals surface area contributed by atoms with Crippen molar-refractivity contribution in [2.75, 3.05) is 6.61 Å². The van der Waals surface area contributed by atoms with Crippen LogP contribution in [-0.4, -0.2) is 13.0 Å². The third kappa shape index (κ3) is 8.19. The van der Waals surface area contributed by atoms with Crippen LogP contribution in [0.4, 0.5) is 13.2 Å². The molecule has 0 spiro atoms. The molecule has 1 aromatic rings. The predicted octanol–water partition coefficient (Wildman–Crippen LogP) is 6.09. The van der Waals surface area contributed by atoms with E-state index < -0.39 is 6.36 Å². The highest BCUT2D eigenvalue weighted by molar-refractivity contribution is 9.10. The molecule has 0 fully saturated rings. The quantitative estimate of drug-likeness (QED) is 0.491. The minimum Gasteiger partial charge on any atom is -0.494 e. The predicted molar refractivity (Wildman–Crippen MR) is 79.7 cm³/mol. The first-order chi connectivity index (χ1) is 9.92. The highest BCUT2D eigenvalue weighted by atomic mass is 79.9. The summed E-state index contributed by atoms with van der Waals surface area (Å²) >= 11 is 3.05. The monoisotopic (exact) mass is 368 g/mol. The van der Waals surface area contributed by atoms with Gasteiger partial charge < -0.3 is 9.47 Å². The summed E-state index contributed by atoms with van der Waals surface area (Å²) in [6, 6.07) is 4.20. The molecule has 0 aromatic heterocycles. The Hall–Kier alpha value is -0.910. The van der Waals surface area contributed by atoms with Crippen LogP contribution in [0.2, 0.25) is 0 Å². The molecule has 0 amide bonds. The molecule has 6 heteroatoms. The molecule has 120 valence electrons. The standard InChI is InChI=1S/C15H20BrF3O2/c1-2-3-4-5-6-7-10-20-12-8-9-14(13(16)11-12)21-15(17,18)19/h8-9,11H,2-7,10H2,1H3. The third-order valence-corrected chi connectivity index (χ3v) is 3.52. The van der Waals surface area contributed by atoms with Crippen molar-refractivity contribution >= 4 is 15.9 Å². The molecule has 0 bridgehead atoms. The molecular formula is C15H20BrF3O2. The first-order valence-corrected chi connectivity index (χ1v) is 7.90. The van der Waals surface area contributed by atoms with Crippen LogP contribution in [0.25, 0.3) is 0 Å². The van der Waals surface area contributed by atoms with E-state index in [0.29, 0.717) is 12.4 Å². The Kier molecular flexibility index (Phi) is 7.93. The van der Waals surface area contributed by atoms with Crippen molar-refractivity contribution in [3.05, 3.63) is 22.7 Å². The second-order valence-corrected chi connectivity index (χ2v) is 5.61. The number of hydrogen-bond acceptors (Lipinski definition) is 2. The van der Waals surface area contributed by atoms with Gasteiger partial charge in [-0.05, 0) is 40.5 Å². The Morgan fingerprint density at radius 2 is 1.71 bits per heavy atom. The fourth-order valence-electron chi connectivity index (χ4n) is 1.85. The van der Waals surface area contributed by atoms with Crippen LogP contribution in [0.1, 0.15) is 45.4 Å². The molecule has 21 heavy (non-hydrogen) atoms. The minimum atomic E-state index is -4.69. The molecule has 0 radical (unpaired) electrons. The molecule has 2 nitrogen and oxygen atoms in total. The third-order valence-electron chi connectivity index (χ3n) is 2.90. The Balaban J connectivity index is 2.32. The van der Waals surface area contributed by atoms with Crippen molar-refractivity contribution < 1.29 is 22.6 Å². The van der Waals surface area contributed by atoms with Gasteiger partial charge in [0, 0.05) is 0 Å². The number of halogens is 4. The Bertz CT molecular complexity index is 422. The molecule has 0 aliphatic rings. The molecule has 0 aliphatic carbocycles. The number of alkyl halides is 3. The fraction of sp³-hybridized carbons (Fsp3) is 0.600. The van der Waals surface area contributed by atoms with Gasteiger partial charge in [0.1, 0.15) is 11.5 Å². The van der Waals surface area contributed by atoms with Gasteiger partial charge in [0.05, 0.1) is 11.1 Å². The van der Waals surface area contributed by atoms with E-state index in [4.69, 9.17) is 4.74 Å². The smallest absolute Gasteiger partial charge is 0.494 e. The fourth-order valence-corrected chi connectivity index (χ4v) is 2.29. The zero-order valence-corrected chi connectivity index (χ0v) is 13.6. The maximum Gasteiger partial charge on any atom is 0.573 e. The van der Waals surface area contributed by atoms with E-state index in [0.717, 1.165) is 12.8 Å². The molecule has 1 aromatic carbocycles. The first kappa shape index (κ1) is 18.1. The second kappa shape index (κ2) is 9.18. The SMILES string of the molecule is CCCCCCCCOc1ccc(OC(F)(F)F)c(Br)c1. The van der Waals surface area contributed by atoms with Crippen LogP contribution in [-0.2, 0) is 0 Å². The maximum absolute atomic E-state index is 12.1. The van der Waals surface area contributed by atoms with Crippen LogP contribution in [0.15, 0.2) is 22.7 Å². The maximum atomic E-state index is 12.1. The van der Waals surface area contributed by atoms with E-state index in [1.165, 1.54) is 43.9 Å². The van der Waals surface area contributed by atoms with Gasteiger partial charge in [-0.1, -0.05) is 39.0 Å². The summed E-state index contributed by atoms with van der Waals surface area (Å²) in [4.78, 5) is 0. The van der Waals surface area contributed by atoms with E-state index in [1.54, 1.807) is 0 Å². The van der Waals surface area contributed by atoms with Crippen LogP contribution in [0.3, 0.4) is 0 Å². The van der Waals surface area contributed by atoms with Crippen LogP contribution in [0.5, 0.6) is 11.5 Å². The van der Waals surface area contributed by atoms with Crippen molar-refractivity contribution in [3.63, 3.8) is 0 Å². The van der Waals surface area contributed by atoms with Crippen LogP contribution >= 0.6 is 15.9 Å². The lowest BCUT2D eigenvalue weighted by Crippen LogP contribution is -2.17. The summed E-state index contributed by atoms with van der Waals surface area (Å²) in [5.74, 6) is 0.263. The topological polar surface area (TPSA) is 18.5 Å². The number of unbranched alkanes of at least 4 members (excludes halogenated alkanes) is 5. The summed E-state index contributed by atoms with van der Waals surface area (Å²) in [6.45, 7) is 2.74. The lowest BCUT2D eigenvalue weighted by Gasteiger charge is -2.12. The number of rotatable bonds is 9. The number of ether oxygens (including phenoxy) is 2. The Labute approximate surface area is 131 Å². The Morgan fingerprint density at radius 3 is 2.33 bits per heavy atom. The van der Waals surface area contributed by atoms with Crippen LogP contribution < -0.4 is 9.47 Å². The normalized spacial score (nSPS) is 11.5. The van der Waals surface area contributed by atoms with Gasteiger partial charge in [-0.15, -0.1) is 13.2 Å². The van der Waals surface area contributed by atoms with Crippen molar-refractivity contribution in [1.29, 1.82) is 0 Å².